The first-order chi connectivity index (χ1) is 14.6. The molecule has 1 aromatic carbocycles. The van der Waals surface area contributed by atoms with Crippen LogP contribution in [0.25, 0.3) is 0 Å². The summed E-state index contributed by atoms with van der Waals surface area (Å²) in [6, 6.07) is 4.95. The number of rotatable bonds is 8. The van der Waals surface area contributed by atoms with Crippen molar-refractivity contribution < 1.29 is 28.6 Å². The van der Waals surface area contributed by atoms with E-state index in [0.717, 1.165) is 11.1 Å². The number of aromatic hydroxyl groups is 1. The van der Waals surface area contributed by atoms with E-state index in [9.17, 15) is 19.1 Å². The van der Waals surface area contributed by atoms with Crippen LogP contribution in [0.15, 0.2) is 30.5 Å². The van der Waals surface area contributed by atoms with E-state index in [2.05, 4.69) is 10.3 Å². The SMILES string of the molecule is COc1ccnc(C(=O)N[C@H](C(=O)O[C@H](C)[C@@H](C)c2ccc(F)cc2C)C(C)C)c1O. The Hall–Kier alpha value is -3.16. The van der Waals surface area contributed by atoms with Crippen molar-refractivity contribution in [3.8, 4) is 11.5 Å². The summed E-state index contributed by atoms with van der Waals surface area (Å²) in [4.78, 5) is 29.4. The first-order valence-electron chi connectivity index (χ1n) is 10.1. The molecule has 0 radical (unpaired) electrons. The number of methoxy groups -OCH3 is 1. The largest absolute Gasteiger partial charge is 0.503 e. The average molecular weight is 432 g/mol. The summed E-state index contributed by atoms with van der Waals surface area (Å²) in [6.07, 6.45) is 0.809. The van der Waals surface area contributed by atoms with Gasteiger partial charge in [0.15, 0.2) is 17.2 Å². The first kappa shape index (κ1) is 24.1. The Morgan fingerprint density at radius 1 is 1.16 bits per heavy atom. The van der Waals surface area contributed by atoms with E-state index in [-0.39, 0.29) is 29.1 Å². The zero-order valence-corrected chi connectivity index (χ0v) is 18.6. The number of aromatic nitrogens is 1. The summed E-state index contributed by atoms with van der Waals surface area (Å²) in [6.45, 7) is 8.97. The molecule has 0 aliphatic carbocycles. The lowest BCUT2D eigenvalue weighted by atomic mass is 9.92. The molecule has 1 heterocycles. The Bertz CT molecular complexity index is 948. The molecule has 1 amide bonds. The molecule has 0 fully saturated rings. The molecule has 0 bridgehead atoms. The number of nitrogens with zero attached hydrogens (tertiary/aromatic N) is 1. The number of hydrogen-bond acceptors (Lipinski definition) is 6. The van der Waals surface area contributed by atoms with Crippen LogP contribution < -0.4 is 10.1 Å². The maximum absolute atomic E-state index is 13.4. The van der Waals surface area contributed by atoms with Gasteiger partial charge >= 0.3 is 5.97 Å². The maximum atomic E-state index is 13.4. The minimum atomic E-state index is -0.955. The van der Waals surface area contributed by atoms with E-state index in [0.29, 0.717) is 0 Å². The van der Waals surface area contributed by atoms with E-state index < -0.39 is 29.8 Å². The molecule has 0 saturated heterocycles. The molecule has 31 heavy (non-hydrogen) atoms. The van der Waals surface area contributed by atoms with Crippen LogP contribution in [0.5, 0.6) is 11.5 Å². The monoisotopic (exact) mass is 432 g/mol. The molecular weight excluding hydrogens is 403 g/mol. The molecule has 1 aromatic heterocycles. The second-order valence-corrected chi connectivity index (χ2v) is 7.84. The van der Waals surface area contributed by atoms with Crippen LogP contribution >= 0.6 is 0 Å². The molecule has 0 unspecified atom stereocenters. The highest BCUT2D eigenvalue weighted by Crippen LogP contribution is 2.28. The summed E-state index contributed by atoms with van der Waals surface area (Å²) in [5, 5.41) is 12.7. The third-order valence-corrected chi connectivity index (χ3v) is 5.26. The van der Waals surface area contributed by atoms with E-state index in [1.165, 1.54) is 31.5 Å². The summed E-state index contributed by atoms with van der Waals surface area (Å²) in [5.74, 6) is -2.42. The number of carbonyl (C=O) groups is 2. The van der Waals surface area contributed by atoms with Crippen molar-refractivity contribution in [2.24, 2.45) is 5.92 Å². The van der Waals surface area contributed by atoms with Gasteiger partial charge in [0.2, 0.25) is 0 Å². The topological polar surface area (TPSA) is 97.8 Å². The third-order valence-electron chi connectivity index (χ3n) is 5.26. The van der Waals surface area contributed by atoms with Gasteiger partial charge in [-0.2, -0.15) is 0 Å². The third kappa shape index (κ3) is 5.71. The highest BCUT2D eigenvalue weighted by atomic mass is 19.1. The molecule has 7 nitrogen and oxygen atoms in total. The highest BCUT2D eigenvalue weighted by Gasteiger charge is 2.31. The lowest BCUT2D eigenvalue weighted by Crippen LogP contribution is -2.46. The average Bonchev–Trinajstić information content (AvgIpc) is 2.71. The number of esters is 1. The van der Waals surface area contributed by atoms with Crippen LogP contribution in [0, 0.1) is 18.7 Å². The fraction of sp³-hybridized carbons (Fsp3) is 0.435. The maximum Gasteiger partial charge on any atom is 0.329 e. The number of hydrogen-bond donors (Lipinski definition) is 2. The van der Waals surface area contributed by atoms with Gasteiger partial charge < -0.3 is 19.9 Å². The molecule has 168 valence electrons. The van der Waals surface area contributed by atoms with Crippen LogP contribution in [0.1, 0.15) is 55.2 Å². The van der Waals surface area contributed by atoms with Crippen LogP contribution in [0.3, 0.4) is 0 Å². The number of benzene rings is 1. The van der Waals surface area contributed by atoms with E-state index in [4.69, 9.17) is 9.47 Å². The molecule has 0 saturated carbocycles. The fourth-order valence-corrected chi connectivity index (χ4v) is 3.24. The zero-order chi connectivity index (χ0) is 23.3. The molecular formula is C23H29FN2O5. The van der Waals surface area contributed by atoms with Crippen molar-refractivity contribution in [2.75, 3.05) is 7.11 Å². The van der Waals surface area contributed by atoms with Gasteiger partial charge in [0, 0.05) is 18.2 Å². The predicted molar refractivity (Wildman–Crippen MR) is 114 cm³/mol. The number of pyridine rings is 1. The Morgan fingerprint density at radius 2 is 1.84 bits per heavy atom. The van der Waals surface area contributed by atoms with Gasteiger partial charge in [0.1, 0.15) is 18.0 Å². The zero-order valence-electron chi connectivity index (χ0n) is 18.6. The quantitative estimate of drug-likeness (QED) is 0.617. The smallest absolute Gasteiger partial charge is 0.329 e. The van der Waals surface area contributed by atoms with Gasteiger partial charge in [-0.15, -0.1) is 0 Å². The van der Waals surface area contributed by atoms with Crippen molar-refractivity contribution in [3.63, 3.8) is 0 Å². The van der Waals surface area contributed by atoms with Crippen molar-refractivity contribution in [1.82, 2.24) is 10.3 Å². The molecule has 0 aliphatic heterocycles. The molecule has 0 spiro atoms. The van der Waals surface area contributed by atoms with Gasteiger partial charge in [-0.1, -0.05) is 26.8 Å². The summed E-state index contributed by atoms with van der Waals surface area (Å²) < 4.78 is 24.0. The highest BCUT2D eigenvalue weighted by molar-refractivity contribution is 5.98. The lowest BCUT2D eigenvalue weighted by Gasteiger charge is -2.26. The fourth-order valence-electron chi connectivity index (χ4n) is 3.24. The molecule has 3 atom stereocenters. The minimum absolute atomic E-state index is 0.0981. The van der Waals surface area contributed by atoms with Gasteiger partial charge in [-0.3, -0.25) is 4.79 Å². The van der Waals surface area contributed by atoms with Crippen LogP contribution in [0.2, 0.25) is 0 Å². The molecule has 0 aliphatic rings. The van der Waals surface area contributed by atoms with Crippen molar-refractivity contribution in [2.45, 2.75) is 52.7 Å². The second-order valence-electron chi connectivity index (χ2n) is 7.84. The minimum Gasteiger partial charge on any atom is -0.503 e. The molecule has 8 heteroatoms. The Balaban J connectivity index is 2.14. The summed E-state index contributed by atoms with van der Waals surface area (Å²) in [5.41, 5.74) is 1.39. The molecule has 2 aromatic rings. The normalized spacial score (nSPS) is 13.9. The van der Waals surface area contributed by atoms with Gasteiger partial charge in [0.05, 0.1) is 7.11 Å². The van der Waals surface area contributed by atoms with Crippen molar-refractivity contribution in [3.05, 3.63) is 53.1 Å². The first-order valence-corrected chi connectivity index (χ1v) is 10.1. The van der Waals surface area contributed by atoms with Crippen LogP contribution in [-0.4, -0.2) is 41.2 Å². The van der Waals surface area contributed by atoms with Crippen LogP contribution in [0.4, 0.5) is 4.39 Å². The number of halogens is 1. The Morgan fingerprint density at radius 3 is 2.42 bits per heavy atom. The molecule has 2 N–H and O–H groups in total. The Kier molecular flexibility index (Phi) is 7.96. The van der Waals surface area contributed by atoms with E-state index in [1.54, 1.807) is 33.8 Å². The summed E-state index contributed by atoms with van der Waals surface area (Å²) >= 11 is 0. The van der Waals surface area contributed by atoms with Crippen LogP contribution in [-0.2, 0) is 9.53 Å². The van der Waals surface area contributed by atoms with Gasteiger partial charge in [0.25, 0.3) is 5.91 Å². The van der Waals surface area contributed by atoms with Crippen molar-refractivity contribution in [1.29, 1.82) is 0 Å². The summed E-state index contributed by atoms with van der Waals surface area (Å²) in [7, 11) is 1.36. The standard InChI is InChI=1S/C23H29FN2O5/c1-12(2)19(26-22(28)20-21(27)18(30-6)9-10-25-20)23(29)31-15(5)14(4)17-8-7-16(24)11-13(17)3/h7-12,14-15,19,27H,1-6H3,(H,26,28)/t14-,15-,19+/m1/s1. The van der Waals surface area contributed by atoms with E-state index in [1.807, 2.05) is 6.92 Å². The number of carbonyl (C=O) groups excluding carboxylic acids is 2. The Labute approximate surface area is 181 Å². The lowest BCUT2D eigenvalue weighted by molar-refractivity contribution is -0.152. The second kappa shape index (κ2) is 10.2. The van der Waals surface area contributed by atoms with Gasteiger partial charge in [-0.05, 0) is 43.0 Å². The number of aryl methyl sites for hydroxylation is 1. The number of ether oxygens (including phenoxy) is 2. The number of amides is 1. The molecule has 2 rings (SSSR count). The van der Waals surface area contributed by atoms with Gasteiger partial charge in [-0.25, -0.2) is 14.2 Å². The van der Waals surface area contributed by atoms with E-state index >= 15 is 0 Å². The number of nitrogens with one attached hydrogen (secondary N) is 1. The van der Waals surface area contributed by atoms with Crippen molar-refractivity contribution >= 4 is 11.9 Å². The predicted octanol–water partition coefficient (Wildman–Crippen LogP) is 3.73.